The number of sulfone groups is 1. The minimum atomic E-state index is -3.28. The van der Waals surface area contributed by atoms with Crippen LogP contribution in [0.2, 0.25) is 0 Å². The van der Waals surface area contributed by atoms with Gasteiger partial charge in [-0.15, -0.1) is 0 Å². The van der Waals surface area contributed by atoms with Gasteiger partial charge in [0.1, 0.15) is 0 Å². The van der Waals surface area contributed by atoms with Crippen LogP contribution in [-0.2, 0) is 9.84 Å². The van der Waals surface area contributed by atoms with Gasteiger partial charge in [-0.1, -0.05) is 13.0 Å². The number of carbonyl (C=O) groups excluding carboxylic acids is 1. The Morgan fingerprint density at radius 3 is 2.37 bits per heavy atom. The van der Waals surface area contributed by atoms with E-state index < -0.39 is 9.84 Å². The summed E-state index contributed by atoms with van der Waals surface area (Å²) in [5.41, 5.74) is 1.30. The minimum absolute atomic E-state index is 0.0257. The van der Waals surface area contributed by atoms with Crippen molar-refractivity contribution in [3.05, 3.63) is 53.6 Å². The largest absolute Gasteiger partial charge is 0.493 e. The summed E-state index contributed by atoms with van der Waals surface area (Å²) in [6.07, 6.45) is 4.76. The molecule has 30 heavy (non-hydrogen) atoms. The molecule has 1 atom stereocenters. The fourth-order valence-electron chi connectivity index (χ4n) is 3.58. The number of benzene rings is 2. The van der Waals surface area contributed by atoms with Gasteiger partial charge in [0.25, 0.3) is 5.91 Å². The first-order chi connectivity index (χ1) is 14.3. The van der Waals surface area contributed by atoms with Gasteiger partial charge in [0.05, 0.1) is 29.9 Å². The molecule has 0 radical (unpaired) electrons. The van der Waals surface area contributed by atoms with Gasteiger partial charge in [0, 0.05) is 5.56 Å². The molecule has 2 aromatic rings. The average Bonchev–Trinajstić information content (AvgIpc) is 3.27. The van der Waals surface area contributed by atoms with Gasteiger partial charge < -0.3 is 14.8 Å². The lowest BCUT2D eigenvalue weighted by Crippen LogP contribution is -2.26. The summed E-state index contributed by atoms with van der Waals surface area (Å²) >= 11 is 0. The summed E-state index contributed by atoms with van der Waals surface area (Å²) in [5, 5.41) is 2.94. The van der Waals surface area contributed by atoms with Crippen LogP contribution in [0.25, 0.3) is 0 Å². The van der Waals surface area contributed by atoms with Crippen LogP contribution in [0.4, 0.5) is 0 Å². The Morgan fingerprint density at radius 2 is 1.77 bits per heavy atom. The number of hydrogen-bond acceptors (Lipinski definition) is 5. The standard InChI is InChI=1S/C23H29NO5S/c1-4-30(26,27)20-12-9-17(10-13-20)23(25)24-16(2)18-11-14-21(22(15-18)28-3)29-19-7-5-6-8-19/h9-16,19H,4-8H2,1-3H3,(H,24,25). The fourth-order valence-corrected chi connectivity index (χ4v) is 4.46. The van der Waals surface area contributed by atoms with Crippen molar-refractivity contribution in [2.45, 2.75) is 56.6 Å². The molecule has 0 aromatic heterocycles. The zero-order chi connectivity index (χ0) is 21.7. The number of nitrogens with one attached hydrogen (secondary N) is 1. The van der Waals surface area contributed by atoms with Crippen molar-refractivity contribution in [2.75, 3.05) is 12.9 Å². The Bertz CT molecular complexity index is 979. The van der Waals surface area contributed by atoms with Crippen LogP contribution >= 0.6 is 0 Å². The number of carbonyl (C=O) groups is 1. The van der Waals surface area contributed by atoms with E-state index in [2.05, 4.69) is 5.32 Å². The second kappa shape index (κ2) is 9.51. The molecule has 0 heterocycles. The van der Waals surface area contributed by atoms with Crippen LogP contribution < -0.4 is 14.8 Å². The molecule has 1 amide bonds. The molecule has 162 valence electrons. The van der Waals surface area contributed by atoms with Crippen LogP contribution in [0.5, 0.6) is 11.5 Å². The van der Waals surface area contributed by atoms with Gasteiger partial charge in [0.15, 0.2) is 21.3 Å². The van der Waals surface area contributed by atoms with Crippen molar-refractivity contribution in [2.24, 2.45) is 0 Å². The maximum atomic E-state index is 12.6. The van der Waals surface area contributed by atoms with E-state index in [0.29, 0.717) is 11.3 Å². The molecule has 0 spiro atoms. The highest BCUT2D eigenvalue weighted by Crippen LogP contribution is 2.33. The van der Waals surface area contributed by atoms with Gasteiger partial charge in [0.2, 0.25) is 0 Å². The maximum Gasteiger partial charge on any atom is 0.251 e. The van der Waals surface area contributed by atoms with Crippen LogP contribution in [0.15, 0.2) is 47.4 Å². The normalized spacial score (nSPS) is 15.6. The smallest absolute Gasteiger partial charge is 0.251 e. The lowest BCUT2D eigenvalue weighted by molar-refractivity contribution is 0.0939. The number of hydrogen-bond donors (Lipinski definition) is 1. The van der Waals surface area contributed by atoms with Crippen LogP contribution in [0.1, 0.15) is 61.5 Å². The molecule has 7 heteroatoms. The molecular weight excluding hydrogens is 402 g/mol. The van der Waals surface area contributed by atoms with Gasteiger partial charge in [-0.2, -0.15) is 0 Å². The Hall–Kier alpha value is -2.54. The zero-order valence-electron chi connectivity index (χ0n) is 17.7. The second-order valence-electron chi connectivity index (χ2n) is 7.56. The number of rotatable bonds is 8. The molecule has 0 aliphatic heterocycles. The average molecular weight is 432 g/mol. The van der Waals surface area contributed by atoms with E-state index in [1.165, 1.54) is 37.1 Å². The third kappa shape index (κ3) is 5.14. The number of ether oxygens (including phenoxy) is 2. The molecule has 2 aromatic carbocycles. The SMILES string of the molecule is CCS(=O)(=O)c1ccc(C(=O)NC(C)c2ccc(OC3CCCC3)c(OC)c2)cc1. The van der Waals surface area contributed by atoms with Gasteiger partial charge in [-0.3, -0.25) is 4.79 Å². The second-order valence-corrected chi connectivity index (χ2v) is 9.84. The van der Waals surface area contributed by atoms with Crippen LogP contribution in [-0.4, -0.2) is 33.3 Å². The van der Waals surface area contributed by atoms with E-state index in [4.69, 9.17) is 9.47 Å². The molecule has 1 aliphatic carbocycles. The van der Waals surface area contributed by atoms with E-state index in [1.807, 2.05) is 25.1 Å². The summed E-state index contributed by atoms with van der Waals surface area (Å²) in [5.74, 6) is 1.12. The summed E-state index contributed by atoms with van der Waals surface area (Å²) in [6.45, 7) is 3.48. The molecule has 1 saturated carbocycles. The topological polar surface area (TPSA) is 81.7 Å². The maximum absolute atomic E-state index is 12.6. The number of methoxy groups -OCH3 is 1. The third-order valence-electron chi connectivity index (χ3n) is 5.49. The molecule has 1 N–H and O–H groups in total. The highest BCUT2D eigenvalue weighted by atomic mass is 32.2. The summed E-state index contributed by atoms with van der Waals surface area (Å²) in [7, 11) is -1.68. The van der Waals surface area contributed by atoms with Crippen molar-refractivity contribution >= 4 is 15.7 Å². The van der Waals surface area contributed by atoms with Crippen LogP contribution in [0, 0.1) is 0 Å². The number of amides is 1. The monoisotopic (exact) mass is 431 g/mol. The summed E-state index contributed by atoms with van der Waals surface area (Å²) in [6, 6.07) is 11.4. The highest BCUT2D eigenvalue weighted by molar-refractivity contribution is 7.91. The first-order valence-corrected chi connectivity index (χ1v) is 12.0. The molecule has 0 bridgehead atoms. The predicted octanol–water partition coefficient (Wildman–Crippen LogP) is 4.30. The van der Waals surface area contributed by atoms with Gasteiger partial charge in [-0.25, -0.2) is 8.42 Å². The quantitative estimate of drug-likeness (QED) is 0.674. The first-order valence-electron chi connectivity index (χ1n) is 10.3. The van der Waals surface area contributed by atoms with Crippen LogP contribution in [0.3, 0.4) is 0 Å². The van der Waals surface area contributed by atoms with E-state index in [9.17, 15) is 13.2 Å². The lowest BCUT2D eigenvalue weighted by atomic mass is 10.1. The van der Waals surface area contributed by atoms with Crippen molar-refractivity contribution < 1.29 is 22.7 Å². The molecule has 0 saturated heterocycles. The van der Waals surface area contributed by atoms with E-state index >= 15 is 0 Å². The Kier molecular flexibility index (Phi) is 7.02. The Balaban J connectivity index is 1.68. The summed E-state index contributed by atoms with van der Waals surface area (Å²) < 4.78 is 35.4. The molecule has 1 aliphatic rings. The fraction of sp³-hybridized carbons (Fsp3) is 0.435. The minimum Gasteiger partial charge on any atom is -0.493 e. The molecule has 1 unspecified atom stereocenters. The van der Waals surface area contributed by atoms with Gasteiger partial charge >= 0.3 is 0 Å². The van der Waals surface area contributed by atoms with Crippen molar-refractivity contribution in [3.63, 3.8) is 0 Å². The lowest BCUT2D eigenvalue weighted by Gasteiger charge is -2.19. The van der Waals surface area contributed by atoms with Crippen molar-refractivity contribution in [1.29, 1.82) is 0 Å². The first kappa shape index (κ1) is 22.2. The molecule has 3 rings (SSSR count). The molecular formula is C23H29NO5S. The van der Waals surface area contributed by atoms with E-state index in [-0.39, 0.29) is 28.7 Å². The van der Waals surface area contributed by atoms with E-state index in [0.717, 1.165) is 24.2 Å². The highest BCUT2D eigenvalue weighted by Gasteiger charge is 2.20. The predicted molar refractivity (Wildman–Crippen MR) is 116 cm³/mol. The zero-order valence-corrected chi connectivity index (χ0v) is 18.5. The third-order valence-corrected chi connectivity index (χ3v) is 7.24. The van der Waals surface area contributed by atoms with Crippen molar-refractivity contribution in [3.8, 4) is 11.5 Å². The Morgan fingerprint density at radius 1 is 1.10 bits per heavy atom. The molecule has 1 fully saturated rings. The molecule has 6 nitrogen and oxygen atoms in total. The summed E-state index contributed by atoms with van der Waals surface area (Å²) in [4.78, 5) is 12.8. The van der Waals surface area contributed by atoms with E-state index in [1.54, 1.807) is 14.0 Å². The Labute approximate surface area is 178 Å². The van der Waals surface area contributed by atoms with Crippen molar-refractivity contribution in [1.82, 2.24) is 5.32 Å². The van der Waals surface area contributed by atoms with Gasteiger partial charge in [-0.05, 0) is 74.6 Å².